The van der Waals surface area contributed by atoms with E-state index in [9.17, 15) is 19.5 Å². The number of carbonyl (C=O) groups is 2. The van der Waals surface area contributed by atoms with Crippen molar-refractivity contribution in [2.45, 2.75) is 46.1 Å². The summed E-state index contributed by atoms with van der Waals surface area (Å²) < 4.78 is 1.24. The van der Waals surface area contributed by atoms with Gasteiger partial charge in [-0.15, -0.1) is 11.3 Å². The molecule has 124 valence electrons. The van der Waals surface area contributed by atoms with Gasteiger partial charge < -0.3 is 10.8 Å². The van der Waals surface area contributed by atoms with Crippen molar-refractivity contribution in [1.29, 1.82) is 0 Å². The minimum absolute atomic E-state index is 0.139. The molecule has 3 N–H and O–H groups in total. The van der Waals surface area contributed by atoms with Crippen LogP contribution in [0.3, 0.4) is 0 Å². The molecule has 0 aliphatic rings. The topological polar surface area (TPSA) is 115 Å². The first-order chi connectivity index (χ1) is 10.7. The largest absolute Gasteiger partial charge is 0.480 e. The Hall–Kier alpha value is -2.22. The van der Waals surface area contributed by atoms with E-state index in [2.05, 4.69) is 4.98 Å². The van der Waals surface area contributed by atoms with Crippen LogP contribution in [0.4, 0.5) is 0 Å². The molecule has 2 aromatic heterocycles. The summed E-state index contributed by atoms with van der Waals surface area (Å²) in [4.78, 5) is 41.1. The average Bonchev–Trinajstić information content (AvgIpc) is 2.78. The molecule has 2 aromatic rings. The van der Waals surface area contributed by atoms with Gasteiger partial charge in [0.05, 0.1) is 10.3 Å². The van der Waals surface area contributed by atoms with Crippen LogP contribution in [-0.2, 0) is 4.79 Å². The number of rotatable bonds is 5. The van der Waals surface area contributed by atoms with Crippen molar-refractivity contribution in [2.75, 3.05) is 0 Å². The van der Waals surface area contributed by atoms with Crippen molar-refractivity contribution in [2.24, 2.45) is 5.73 Å². The molecule has 2 rings (SSSR count). The number of nitrogens with two attached hydrogens (primary N) is 1. The number of thiophene rings is 1. The molecule has 1 amide bonds. The summed E-state index contributed by atoms with van der Waals surface area (Å²) in [7, 11) is 0. The van der Waals surface area contributed by atoms with Gasteiger partial charge in [-0.25, -0.2) is 9.78 Å². The van der Waals surface area contributed by atoms with Crippen molar-refractivity contribution in [1.82, 2.24) is 9.55 Å². The first-order valence-corrected chi connectivity index (χ1v) is 8.10. The van der Waals surface area contributed by atoms with Gasteiger partial charge >= 0.3 is 5.97 Å². The third-order valence-corrected chi connectivity index (χ3v) is 4.95. The van der Waals surface area contributed by atoms with E-state index in [1.165, 1.54) is 4.57 Å². The lowest BCUT2D eigenvalue weighted by atomic mass is 10.1. The predicted octanol–water partition coefficient (Wildman–Crippen LogP) is 2.02. The molecule has 0 saturated carbocycles. The number of nitrogens with zero attached hydrogens (tertiary/aromatic N) is 2. The van der Waals surface area contributed by atoms with E-state index < -0.39 is 23.5 Å². The monoisotopic (exact) mass is 337 g/mol. The Bertz CT molecular complexity index is 851. The van der Waals surface area contributed by atoms with Crippen LogP contribution in [-0.4, -0.2) is 26.5 Å². The van der Waals surface area contributed by atoms with E-state index in [1.807, 2.05) is 13.8 Å². The number of amides is 1. The zero-order valence-corrected chi connectivity index (χ0v) is 14.2. The normalized spacial score (nSPS) is 12.7. The zero-order valence-electron chi connectivity index (χ0n) is 13.4. The number of carboxylic acids is 1. The fraction of sp³-hybridized carbons (Fsp3) is 0.467. The molecule has 0 spiro atoms. The molecule has 8 heteroatoms. The first-order valence-electron chi connectivity index (χ1n) is 7.28. The second kappa shape index (κ2) is 6.11. The number of aryl methyl sites for hydroxylation is 1. The van der Waals surface area contributed by atoms with Crippen LogP contribution in [0.1, 0.15) is 60.2 Å². The average molecular weight is 337 g/mol. The number of aliphatic carboxylic acids is 1. The quantitative estimate of drug-likeness (QED) is 0.866. The van der Waals surface area contributed by atoms with Gasteiger partial charge in [0, 0.05) is 5.92 Å². The summed E-state index contributed by atoms with van der Waals surface area (Å²) in [5, 5.41) is 9.70. The van der Waals surface area contributed by atoms with Gasteiger partial charge in [0.1, 0.15) is 16.7 Å². The van der Waals surface area contributed by atoms with Crippen LogP contribution in [0.5, 0.6) is 0 Å². The van der Waals surface area contributed by atoms with Crippen molar-refractivity contribution < 1.29 is 14.7 Å². The van der Waals surface area contributed by atoms with Crippen LogP contribution in [0.15, 0.2) is 4.79 Å². The predicted molar refractivity (Wildman–Crippen MR) is 88.2 cm³/mol. The number of carboxylic acid groups (broad SMARTS) is 1. The first kappa shape index (κ1) is 17.1. The standard InChI is InChI=1S/C15H19N3O4S/c1-5-8(15(21)22)18-12(6(2)3)17-13-9(14(18)20)7(4)10(23-13)11(16)19/h6,8H,5H2,1-4H3,(H2,16,19)(H,21,22). The summed E-state index contributed by atoms with van der Waals surface area (Å²) in [6, 6.07) is -0.992. The summed E-state index contributed by atoms with van der Waals surface area (Å²) >= 11 is 1.07. The molecular weight excluding hydrogens is 318 g/mol. The van der Waals surface area contributed by atoms with Crippen LogP contribution in [0.2, 0.25) is 0 Å². The lowest BCUT2D eigenvalue weighted by Crippen LogP contribution is -2.33. The highest BCUT2D eigenvalue weighted by atomic mass is 32.1. The SMILES string of the molecule is CCC(C(=O)O)n1c(C(C)C)nc2sc(C(N)=O)c(C)c2c1=O. The fourth-order valence-corrected chi connectivity index (χ4v) is 3.65. The smallest absolute Gasteiger partial charge is 0.326 e. The molecule has 2 heterocycles. The molecule has 7 nitrogen and oxygen atoms in total. The molecule has 0 aromatic carbocycles. The third kappa shape index (κ3) is 2.74. The van der Waals surface area contributed by atoms with Gasteiger partial charge in [0.15, 0.2) is 0 Å². The third-order valence-electron chi connectivity index (χ3n) is 3.75. The molecule has 1 unspecified atom stereocenters. The minimum Gasteiger partial charge on any atom is -0.480 e. The van der Waals surface area contributed by atoms with Crippen molar-refractivity contribution >= 4 is 33.4 Å². The summed E-state index contributed by atoms with van der Waals surface area (Å²) in [5.74, 6) is -1.44. The van der Waals surface area contributed by atoms with Crippen molar-refractivity contribution in [3.05, 3.63) is 26.6 Å². The second-order valence-corrected chi connectivity index (χ2v) is 6.66. The Morgan fingerprint density at radius 2 is 2.00 bits per heavy atom. The Morgan fingerprint density at radius 1 is 1.39 bits per heavy atom. The van der Waals surface area contributed by atoms with Gasteiger partial charge in [-0.3, -0.25) is 14.2 Å². The zero-order chi connectivity index (χ0) is 17.5. The van der Waals surface area contributed by atoms with Crippen molar-refractivity contribution in [3.63, 3.8) is 0 Å². The maximum absolute atomic E-state index is 12.9. The van der Waals surface area contributed by atoms with Gasteiger partial charge in [-0.2, -0.15) is 0 Å². The molecule has 0 fully saturated rings. The van der Waals surface area contributed by atoms with Crippen molar-refractivity contribution in [3.8, 4) is 0 Å². The maximum atomic E-state index is 12.9. The number of carbonyl (C=O) groups excluding carboxylic acids is 1. The second-order valence-electron chi connectivity index (χ2n) is 5.66. The number of primary amides is 1. The highest BCUT2D eigenvalue weighted by Gasteiger charge is 2.27. The Morgan fingerprint density at radius 3 is 2.43 bits per heavy atom. The van der Waals surface area contributed by atoms with E-state index in [-0.39, 0.29) is 22.6 Å². The van der Waals surface area contributed by atoms with E-state index in [0.717, 1.165) is 11.3 Å². The fourth-order valence-electron chi connectivity index (χ4n) is 2.62. The summed E-state index contributed by atoms with van der Waals surface area (Å²) in [6.07, 6.45) is 0.258. The lowest BCUT2D eigenvalue weighted by molar-refractivity contribution is -0.141. The number of fused-ring (bicyclic) bond motifs is 1. The Kier molecular flexibility index (Phi) is 4.56. The van der Waals surface area contributed by atoms with Gasteiger partial charge in [-0.1, -0.05) is 20.8 Å². The van der Waals surface area contributed by atoms with Crippen LogP contribution in [0, 0.1) is 6.92 Å². The van der Waals surface area contributed by atoms with E-state index >= 15 is 0 Å². The molecular formula is C15H19N3O4S. The van der Waals surface area contributed by atoms with Gasteiger partial charge in [0.2, 0.25) is 0 Å². The van der Waals surface area contributed by atoms with Crippen LogP contribution < -0.4 is 11.3 Å². The molecule has 23 heavy (non-hydrogen) atoms. The lowest BCUT2D eigenvalue weighted by Gasteiger charge is -2.20. The Labute approximate surface area is 136 Å². The number of hydrogen-bond donors (Lipinski definition) is 2. The minimum atomic E-state index is -1.08. The van der Waals surface area contributed by atoms with Crippen LogP contribution >= 0.6 is 11.3 Å². The maximum Gasteiger partial charge on any atom is 0.326 e. The summed E-state index contributed by atoms with van der Waals surface area (Å²) in [5.41, 5.74) is 5.36. The van der Waals surface area contributed by atoms with Crippen LogP contribution in [0.25, 0.3) is 10.2 Å². The van der Waals surface area contributed by atoms with Gasteiger partial charge in [0.25, 0.3) is 11.5 Å². The molecule has 0 aliphatic carbocycles. The molecule has 0 saturated heterocycles. The van der Waals surface area contributed by atoms with Gasteiger partial charge in [-0.05, 0) is 18.9 Å². The van der Waals surface area contributed by atoms with E-state index in [1.54, 1.807) is 13.8 Å². The van der Waals surface area contributed by atoms with E-state index in [4.69, 9.17) is 5.73 Å². The highest BCUT2D eigenvalue weighted by molar-refractivity contribution is 7.20. The molecule has 0 aliphatic heterocycles. The molecule has 1 atom stereocenters. The Balaban J connectivity index is 2.95. The highest BCUT2D eigenvalue weighted by Crippen LogP contribution is 2.29. The molecule has 0 radical (unpaired) electrons. The van der Waals surface area contributed by atoms with E-state index in [0.29, 0.717) is 16.2 Å². The number of aromatic nitrogens is 2. The molecule has 0 bridgehead atoms. The summed E-state index contributed by atoms with van der Waals surface area (Å²) in [6.45, 7) is 7.01. The number of hydrogen-bond acceptors (Lipinski definition) is 5.